The number of aromatic carboxylic acids is 1. The Kier molecular flexibility index (Phi) is 7.08. The van der Waals surface area contributed by atoms with Crippen molar-refractivity contribution in [1.29, 1.82) is 0 Å². The minimum atomic E-state index is -0.982. The second kappa shape index (κ2) is 9.93. The van der Waals surface area contributed by atoms with Gasteiger partial charge < -0.3 is 14.6 Å². The number of fused-ring (bicyclic) bond motifs is 7. The van der Waals surface area contributed by atoms with Gasteiger partial charge in [0, 0.05) is 11.3 Å². The highest BCUT2D eigenvalue weighted by atomic mass is 16.5. The van der Waals surface area contributed by atoms with Gasteiger partial charge in [-0.3, -0.25) is 9.59 Å². The Bertz CT molecular complexity index is 1430. The van der Waals surface area contributed by atoms with Crippen LogP contribution in [0.5, 0.6) is 5.75 Å². The Labute approximate surface area is 263 Å². The minimum absolute atomic E-state index is 0.0889. The molecule has 4 saturated carbocycles. The lowest BCUT2D eigenvalue weighted by Gasteiger charge is -2.70. The molecule has 4 fully saturated rings. The average molecular weight is 605 g/mol. The maximum Gasteiger partial charge on any atom is 0.339 e. The number of methoxy groups -OCH3 is 1. The van der Waals surface area contributed by atoms with Crippen LogP contribution >= 0.6 is 0 Å². The molecule has 1 aromatic rings. The highest BCUT2D eigenvalue weighted by molar-refractivity contribution is 5.96. The molecule has 6 heteroatoms. The van der Waals surface area contributed by atoms with E-state index in [0.29, 0.717) is 5.75 Å². The van der Waals surface area contributed by atoms with Gasteiger partial charge >= 0.3 is 11.9 Å². The van der Waals surface area contributed by atoms with E-state index in [0.717, 1.165) is 57.8 Å². The fourth-order valence-electron chi connectivity index (χ4n) is 11.7. The Balaban J connectivity index is 1.36. The van der Waals surface area contributed by atoms with Gasteiger partial charge in [-0.05, 0) is 116 Å². The first-order valence-electron chi connectivity index (χ1n) is 16.8. The SMILES string of the molecule is COC(=O)[C@@]1(C)CC[C@]2(C)CC[C@]3(C)C(=CC(=O)C4[C@@]5(C)CC[C@H](Oc6ccccc6C(=O)O)C(C)(C)C5CC[C@]43C)C2C1. The van der Waals surface area contributed by atoms with Gasteiger partial charge in [-0.2, -0.15) is 0 Å². The summed E-state index contributed by atoms with van der Waals surface area (Å²) >= 11 is 0. The molecule has 6 nitrogen and oxygen atoms in total. The molecule has 3 unspecified atom stereocenters. The summed E-state index contributed by atoms with van der Waals surface area (Å²) in [5.41, 5.74) is 0.317. The molecule has 0 heterocycles. The zero-order chi connectivity index (χ0) is 32.1. The van der Waals surface area contributed by atoms with Crippen molar-refractivity contribution in [3.8, 4) is 5.75 Å². The second-order valence-electron chi connectivity index (χ2n) is 17.0. The first-order valence-corrected chi connectivity index (χ1v) is 16.8. The first kappa shape index (κ1) is 31.4. The van der Waals surface area contributed by atoms with Crippen LogP contribution in [-0.2, 0) is 14.3 Å². The molecule has 240 valence electrons. The molecule has 0 saturated heterocycles. The van der Waals surface area contributed by atoms with Crippen molar-refractivity contribution in [1.82, 2.24) is 0 Å². The molecule has 1 aromatic carbocycles. The first-order chi connectivity index (χ1) is 20.5. The Morgan fingerprint density at radius 2 is 1.57 bits per heavy atom. The van der Waals surface area contributed by atoms with Crippen LogP contribution in [0, 0.1) is 50.2 Å². The number of carbonyl (C=O) groups excluding carboxylic acids is 2. The van der Waals surface area contributed by atoms with Crippen molar-refractivity contribution in [2.24, 2.45) is 50.2 Å². The predicted molar refractivity (Wildman–Crippen MR) is 169 cm³/mol. The zero-order valence-electron chi connectivity index (χ0n) is 28.0. The highest BCUT2D eigenvalue weighted by Crippen LogP contribution is 2.75. The van der Waals surface area contributed by atoms with Crippen LogP contribution in [0.3, 0.4) is 0 Å². The molecule has 0 bridgehead atoms. The number of ketones is 1. The number of esters is 1. The second-order valence-corrected chi connectivity index (χ2v) is 17.0. The number of ether oxygens (including phenoxy) is 2. The summed E-state index contributed by atoms with van der Waals surface area (Å²) in [6.45, 7) is 16.2. The number of carboxylic acid groups (broad SMARTS) is 1. The standard InChI is InChI=1S/C38H52O6/c1-33(2)28-13-16-38(7)30(36(28,5)15-14-29(33)44-27-12-10-9-11-23(27)31(40)41)26(39)21-24-25-22-35(4,32(42)43-8)18-17-34(25,3)19-20-37(24,38)6/h9-12,21,25,28-30H,13-20,22H2,1-8H3,(H,40,41)/t25?,28?,29-,30?,34+,35-,36-,37+,38+/m0/s1. The molecule has 0 aromatic heterocycles. The van der Waals surface area contributed by atoms with Crippen LogP contribution < -0.4 is 4.74 Å². The van der Waals surface area contributed by atoms with Gasteiger partial charge in [0.25, 0.3) is 0 Å². The quantitative estimate of drug-likeness (QED) is 0.348. The lowest BCUT2D eigenvalue weighted by molar-refractivity contribution is -0.199. The zero-order valence-corrected chi connectivity index (χ0v) is 28.0. The Morgan fingerprint density at radius 1 is 0.886 bits per heavy atom. The average Bonchev–Trinajstić information content (AvgIpc) is 2.96. The molecule has 44 heavy (non-hydrogen) atoms. The maximum absolute atomic E-state index is 14.7. The van der Waals surface area contributed by atoms with Gasteiger partial charge in [-0.15, -0.1) is 0 Å². The monoisotopic (exact) mass is 604 g/mol. The normalized spacial score (nSPS) is 44.2. The number of hydrogen-bond donors (Lipinski definition) is 1. The molecule has 1 N–H and O–H groups in total. The number of allylic oxidation sites excluding steroid dienone is 2. The van der Waals surface area contributed by atoms with Crippen LogP contribution in [0.1, 0.15) is 117 Å². The number of rotatable bonds is 4. The summed E-state index contributed by atoms with van der Waals surface area (Å²) < 4.78 is 11.8. The van der Waals surface area contributed by atoms with E-state index in [1.165, 1.54) is 12.7 Å². The third-order valence-electron chi connectivity index (χ3n) is 14.6. The van der Waals surface area contributed by atoms with Crippen molar-refractivity contribution in [3.05, 3.63) is 41.5 Å². The van der Waals surface area contributed by atoms with Crippen LogP contribution in [0.4, 0.5) is 0 Å². The molecule has 5 aliphatic carbocycles. The Morgan fingerprint density at radius 3 is 2.25 bits per heavy atom. The summed E-state index contributed by atoms with van der Waals surface area (Å²) in [6.07, 6.45) is 10.3. The molecule has 0 amide bonds. The number of hydrogen-bond acceptors (Lipinski definition) is 5. The van der Waals surface area contributed by atoms with E-state index in [-0.39, 0.29) is 68.2 Å². The van der Waals surface area contributed by atoms with Crippen molar-refractivity contribution >= 4 is 17.7 Å². The smallest absolute Gasteiger partial charge is 0.339 e. The summed E-state index contributed by atoms with van der Waals surface area (Å²) in [4.78, 5) is 39.6. The number of carboxylic acids is 1. The fourth-order valence-corrected chi connectivity index (χ4v) is 11.7. The van der Waals surface area contributed by atoms with Crippen molar-refractivity contribution in [3.63, 3.8) is 0 Å². The van der Waals surface area contributed by atoms with Gasteiger partial charge in [0.2, 0.25) is 0 Å². The van der Waals surface area contributed by atoms with E-state index in [1.807, 2.05) is 6.07 Å². The third-order valence-corrected chi connectivity index (χ3v) is 14.6. The molecule has 6 rings (SSSR count). The van der Waals surface area contributed by atoms with E-state index >= 15 is 0 Å². The fraction of sp³-hybridized carbons (Fsp3) is 0.711. The van der Waals surface area contributed by atoms with E-state index in [1.54, 1.807) is 18.2 Å². The lowest BCUT2D eigenvalue weighted by atomic mass is 9.33. The summed E-state index contributed by atoms with van der Waals surface area (Å²) in [7, 11) is 1.49. The third kappa shape index (κ3) is 4.14. The van der Waals surface area contributed by atoms with Crippen molar-refractivity contribution < 1.29 is 29.0 Å². The molecular formula is C38H52O6. The van der Waals surface area contributed by atoms with Crippen molar-refractivity contribution in [2.75, 3.05) is 7.11 Å². The minimum Gasteiger partial charge on any atom is -0.489 e. The van der Waals surface area contributed by atoms with Gasteiger partial charge in [0.1, 0.15) is 17.4 Å². The van der Waals surface area contributed by atoms with Crippen molar-refractivity contribution in [2.45, 2.75) is 112 Å². The molecule has 9 atom stereocenters. The Hall–Kier alpha value is -2.63. The lowest BCUT2D eigenvalue weighted by Crippen LogP contribution is -2.67. The predicted octanol–water partition coefficient (Wildman–Crippen LogP) is 8.29. The summed E-state index contributed by atoms with van der Waals surface area (Å²) in [6, 6.07) is 6.92. The van der Waals surface area contributed by atoms with Crippen LogP contribution in [-0.4, -0.2) is 36.0 Å². The number of carbonyl (C=O) groups is 3. The van der Waals surface area contributed by atoms with Crippen LogP contribution in [0.25, 0.3) is 0 Å². The topological polar surface area (TPSA) is 89.9 Å². The maximum atomic E-state index is 14.7. The van der Waals surface area contributed by atoms with E-state index < -0.39 is 11.4 Å². The van der Waals surface area contributed by atoms with E-state index in [4.69, 9.17) is 9.47 Å². The van der Waals surface area contributed by atoms with Gasteiger partial charge in [-0.25, -0.2) is 4.79 Å². The number of benzene rings is 1. The summed E-state index contributed by atoms with van der Waals surface area (Å²) in [5, 5.41) is 9.77. The molecular weight excluding hydrogens is 552 g/mol. The van der Waals surface area contributed by atoms with E-state index in [2.05, 4.69) is 54.5 Å². The summed E-state index contributed by atoms with van der Waals surface area (Å²) in [5.74, 6) is -0.0443. The van der Waals surface area contributed by atoms with Crippen LogP contribution in [0.15, 0.2) is 35.9 Å². The van der Waals surface area contributed by atoms with E-state index in [9.17, 15) is 19.5 Å². The van der Waals surface area contributed by atoms with Gasteiger partial charge in [0.05, 0.1) is 12.5 Å². The molecule has 0 radical (unpaired) electrons. The molecule has 5 aliphatic rings. The van der Waals surface area contributed by atoms with Gasteiger partial charge in [0.15, 0.2) is 5.78 Å². The van der Waals surface area contributed by atoms with Crippen LogP contribution in [0.2, 0.25) is 0 Å². The molecule has 0 aliphatic heterocycles. The highest BCUT2D eigenvalue weighted by Gasteiger charge is 2.70. The molecule has 0 spiro atoms. The largest absolute Gasteiger partial charge is 0.489 e. The van der Waals surface area contributed by atoms with Gasteiger partial charge in [-0.1, -0.05) is 59.2 Å². The number of para-hydroxylation sites is 1.